The molecule has 0 aliphatic rings. The van der Waals surface area contributed by atoms with Gasteiger partial charge < -0.3 is 10.00 Å². The highest BCUT2D eigenvalue weighted by Gasteiger charge is 2.39. The molecule has 2 aromatic rings. The molecule has 0 spiro atoms. The molecule has 0 saturated heterocycles. The van der Waals surface area contributed by atoms with Crippen LogP contribution in [0.4, 0.5) is 0 Å². The molecule has 3 atom stereocenters. The maximum atomic E-state index is 13.0. The lowest BCUT2D eigenvalue weighted by atomic mass is 10.1. The molecule has 3 unspecified atom stereocenters. The molecular formula is C18H23O3P. The zero-order chi connectivity index (χ0) is 16.0. The Balaban J connectivity index is 2.34. The molecule has 4 heteroatoms. The quantitative estimate of drug-likeness (QED) is 0.715. The van der Waals surface area contributed by atoms with Crippen molar-refractivity contribution < 1.29 is 14.6 Å². The molecule has 2 N–H and O–H groups in total. The number of hydrogen-bond donors (Lipinski definition) is 2. The van der Waals surface area contributed by atoms with Gasteiger partial charge >= 0.3 is 0 Å². The van der Waals surface area contributed by atoms with Crippen LogP contribution in [0, 0.1) is 0 Å². The fourth-order valence-corrected chi connectivity index (χ4v) is 4.74. The van der Waals surface area contributed by atoms with Gasteiger partial charge in [-0.05, 0) is 17.5 Å². The van der Waals surface area contributed by atoms with E-state index in [-0.39, 0.29) is 0 Å². The van der Waals surface area contributed by atoms with Crippen molar-refractivity contribution in [2.75, 3.05) is 0 Å². The molecule has 0 radical (unpaired) electrons. The Labute approximate surface area is 132 Å². The monoisotopic (exact) mass is 318 g/mol. The molecule has 0 amide bonds. The standard InChI is InChI=1S/C18H23O3P/c1-2-3-14-17(15-10-6-4-7-11-15)22(20,21)18(19)16-12-8-5-9-13-16/h4-13,17-19H,2-3,14H2,1H3,(H,20,21). The minimum Gasteiger partial charge on any atom is -0.378 e. The first kappa shape index (κ1) is 17.0. The van der Waals surface area contributed by atoms with E-state index in [4.69, 9.17) is 0 Å². The summed E-state index contributed by atoms with van der Waals surface area (Å²) in [5, 5.41) is 10.5. The highest BCUT2D eigenvalue weighted by atomic mass is 31.2. The van der Waals surface area contributed by atoms with E-state index in [1.807, 2.05) is 36.4 Å². The average molecular weight is 318 g/mol. The Morgan fingerprint density at radius 1 is 0.955 bits per heavy atom. The topological polar surface area (TPSA) is 57.5 Å². The summed E-state index contributed by atoms with van der Waals surface area (Å²) in [7, 11) is -3.81. The van der Waals surface area contributed by atoms with Crippen LogP contribution in [0.25, 0.3) is 0 Å². The van der Waals surface area contributed by atoms with Crippen molar-refractivity contribution in [1.82, 2.24) is 0 Å². The summed E-state index contributed by atoms with van der Waals surface area (Å²) < 4.78 is 13.0. The van der Waals surface area contributed by atoms with Gasteiger partial charge in [0.2, 0.25) is 7.37 Å². The van der Waals surface area contributed by atoms with Crippen LogP contribution < -0.4 is 0 Å². The van der Waals surface area contributed by atoms with Crippen LogP contribution in [0.3, 0.4) is 0 Å². The van der Waals surface area contributed by atoms with E-state index in [2.05, 4.69) is 6.92 Å². The normalized spacial score (nSPS) is 16.7. The second kappa shape index (κ2) is 7.73. The zero-order valence-corrected chi connectivity index (χ0v) is 13.7. The van der Waals surface area contributed by atoms with Crippen molar-refractivity contribution in [3.63, 3.8) is 0 Å². The van der Waals surface area contributed by atoms with Gasteiger partial charge in [0.15, 0.2) is 5.85 Å². The fraction of sp³-hybridized carbons (Fsp3) is 0.333. The second-order valence-corrected chi connectivity index (χ2v) is 7.98. The molecule has 3 nitrogen and oxygen atoms in total. The Kier molecular flexibility index (Phi) is 5.96. The zero-order valence-electron chi connectivity index (χ0n) is 12.8. The summed E-state index contributed by atoms with van der Waals surface area (Å²) in [6, 6.07) is 18.1. The van der Waals surface area contributed by atoms with Gasteiger partial charge in [-0.1, -0.05) is 80.4 Å². The lowest BCUT2D eigenvalue weighted by molar-refractivity contribution is 0.230. The summed E-state index contributed by atoms with van der Waals surface area (Å²) in [4.78, 5) is 10.7. The highest BCUT2D eigenvalue weighted by Crippen LogP contribution is 2.66. The minimum atomic E-state index is -3.81. The summed E-state index contributed by atoms with van der Waals surface area (Å²) in [5.74, 6) is -1.35. The molecule has 22 heavy (non-hydrogen) atoms. The van der Waals surface area contributed by atoms with E-state index in [1.165, 1.54) is 0 Å². The molecule has 2 aromatic carbocycles. The lowest BCUT2D eigenvalue weighted by Gasteiger charge is -2.27. The van der Waals surface area contributed by atoms with Crippen LogP contribution in [0.1, 0.15) is 48.8 Å². The van der Waals surface area contributed by atoms with E-state index >= 15 is 0 Å². The molecule has 0 heterocycles. The molecule has 0 saturated carbocycles. The van der Waals surface area contributed by atoms with Crippen LogP contribution in [0.5, 0.6) is 0 Å². The number of aliphatic hydroxyl groups excluding tert-OH is 1. The molecule has 0 aliphatic heterocycles. The molecule has 0 aliphatic carbocycles. The molecule has 0 aromatic heterocycles. The van der Waals surface area contributed by atoms with Gasteiger partial charge in [-0.2, -0.15) is 0 Å². The molecule has 0 bridgehead atoms. The summed E-state index contributed by atoms with van der Waals surface area (Å²) in [5.41, 5.74) is 0.770. The number of unbranched alkanes of at least 4 members (excludes halogenated alkanes) is 1. The third kappa shape index (κ3) is 3.86. The Morgan fingerprint density at radius 3 is 1.95 bits per heavy atom. The first-order chi connectivity index (χ1) is 10.6. The number of hydrogen-bond acceptors (Lipinski definition) is 2. The van der Waals surface area contributed by atoms with Gasteiger partial charge in [-0.15, -0.1) is 0 Å². The van der Waals surface area contributed by atoms with Crippen molar-refractivity contribution >= 4 is 7.37 Å². The molecular weight excluding hydrogens is 295 g/mol. The van der Waals surface area contributed by atoms with E-state index < -0.39 is 18.9 Å². The first-order valence-electron chi connectivity index (χ1n) is 7.67. The van der Waals surface area contributed by atoms with Gasteiger partial charge in [-0.3, -0.25) is 4.57 Å². The smallest absolute Gasteiger partial charge is 0.239 e. The van der Waals surface area contributed by atoms with Crippen LogP contribution in [0.15, 0.2) is 60.7 Å². The average Bonchev–Trinajstić information content (AvgIpc) is 2.56. The minimum absolute atomic E-state index is 0.491. The summed E-state index contributed by atoms with van der Waals surface area (Å²) in [6.07, 6.45) is 2.40. The lowest BCUT2D eigenvalue weighted by Crippen LogP contribution is -2.08. The largest absolute Gasteiger partial charge is 0.378 e. The Bertz CT molecular complexity index is 613. The van der Waals surface area contributed by atoms with Gasteiger partial charge in [0.25, 0.3) is 0 Å². The van der Waals surface area contributed by atoms with E-state index in [9.17, 15) is 14.6 Å². The van der Waals surface area contributed by atoms with Gasteiger partial charge in [-0.25, -0.2) is 0 Å². The molecule has 118 valence electrons. The maximum Gasteiger partial charge on any atom is 0.239 e. The van der Waals surface area contributed by atoms with Gasteiger partial charge in [0.1, 0.15) is 0 Å². The van der Waals surface area contributed by atoms with E-state index in [0.717, 1.165) is 18.4 Å². The van der Waals surface area contributed by atoms with Crippen LogP contribution in [0.2, 0.25) is 0 Å². The molecule has 2 rings (SSSR count). The van der Waals surface area contributed by atoms with Crippen LogP contribution >= 0.6 is 7.37 Å². The Morgan fingerprint density at radius 2 is 1.45 bits per heavy atom. The van der Waals surface area contributed by atoms with Crippen molar-refractivity contribution in [2.24, 2.45) is 0 Å². The fourth-order valence-electron chi connectivity index (χ4n) is 2.65. The summed E-state index contributed by atoms with van der Waals surface area (Å²) >= 11 is 0. The third-order valence-corrected chi connectivity index (χ3v) is 6.36. The second-order valence-electron chi connectivity index (χ2n) is 5.53. The predicted molar refractivity (Wildman–Crippen MR) is 89.9 cm³/mol. The summed E-state index contributed by atoms with van der Waals surface area (Å²) in [6.45, 7) is 2.05. The molecule has 0 fully saturated rings. The van der Waals surface area contributed by atoms with Crippen LogP contribution in [-0.4, -0.2) is 10.00 Å². The highest BCUT2D eigenvalue weighted by molar-refractivity contribution is 7.58. The van der Waals surface area contributed by atoms with Crippen molar-refractivity contribution in [3.8, 4) is 0 Å². The predicted octanol–water partition coefficient (Wildman–Crippen LogP) is 4.88. The maximum absolute atomic E-state index is 13.0. The van der Waals surface area contributed by atoms with Gasteiger partial charge in [0, 0.05) is 0 Å². The number of aliphatic hydroxyl groups is 1. The van der Waals surface area contributed by atoms with E-state index in [0.29, 0.717) is 12.0 Å². The number of benzene rings is 2. The van der Waals surface area contributed by atoms with Crippen molar-refractivity contribution in [3.05, 3.63) is 71.8 Å². The van der Waals surface area contributed by atoms with Gasteiger partial charge in [0.05, 0.1) is 5.66 Å². The van der Waals surface area contributed by atoms with Crippen molar-refractivity contribution in [2.45, 2.75) is 37.7 Å². The first-order valence-corrected chi connectivity index (χ1v) is 9.47. The number of rotatable bonds is 7. The van der Waals surface area contributed by atoms with Crippen LogP contribution in [-0.2, 0) is 4.57 Å². The SMILES string of the molecule is CCCCC(c1ccccc1)P(=O)(O)C(O)c1ccccc1. The Hall–Kier alpha value is -1.41. The van der Waals surface area contributed by atoms with E-state index in [1.54, 1.807) is 24.3 Å². The third-order valence-electron chi connectivity index (χ3n) is 3.91. The van der Waals surface area contributed by atoms with Crippen molar-refractivity contribution in [1.29, 1.82) is 0 Å².